The molecule has 0 atom stereocenters. The molecule has 0 bridgehead atoms. The van der Waals surface area contributed by atoms with E-state index in [4.69, 9.17) is 27.9 Å². The van der Waals surface area contributed by atoms with Gasteiger partial charge in [-0.1, -0.05) is 30.1 Å². The molecule has 0 aliphatic rings. The number of carbonyl (C=O) groups excluding carboxylic acids is 2. The lowest BCUT2D eigenvalue weighted by molar-refractivity contribution is -0.137. The summed E-state index contributed by atoms with van der Waals surface area (Å²) in [5.41, 5.74) is 5.24. The van der Waals surface area contributed by atoms with E-state index in [9.17, 15) is 9.59 Å². The second-order valence-electron chi connectivity index (χ2n) is 4.28. The van der Waals surface area contributed by atoms with Crippen molar-refractivity contribution in [1.82, 2.24) is 5.43 Å². The number of nitrogens with one attached hydrogen (secondary N) is 2. The number of hydrogen-bond acceptors (Lipinski definition) is 4. The van der Waals surface area contributed by atoms with Crippen LogP contribution in [0, 0.1) is 0 Å². The molecule has 0 aliphatic heterocycles. The smallest absolute Gasteiger partial charge is 0.305 e. The van der Waals surface area contributed by atoms with Gasteiger partial charge in [0, 0.05) is 12.5 Å². The molecule has 110 valence electrons. The fraction of sp³-hybridized carbons (Fsp3) is 0.385. The van der Waals surface area contributed by atoms with Gasteiger partial charge < -0.3 is 4.74 Å². The van der Waals surface area contributed by atoms with Crippen molar-refractivity contribution < 1.29 is 14.3 Å². The number of Topliss-reactive ketones (excluding diaryl/α,β-unsaturated/α-hetero) is 1. The maximum absolute atomic E-state index is 11.4. The number of halogens is 2. The van der Waals surface area contributed by atoms with Crippen molar-refractivity contribution in [3.8, 4) is 5.75 Å². The molecule has 0 saturated carbocycles. The number of ether oxygens (including phenoxy) is 1. The Bertz CT molecular complexity index is 519. The van der Waals surface area contributed by atoms with Crippen molar-refractivity contribution >= 4 is 40.6 Å². The third-order valence-corrected chi connectivity index (χ3v) is 2.88. The van der Waals surface area contributed by atoms with Crippen molar-refractivity contribution in [3.05, 3.63) is 22.2 Å². The first-order valence-corrected chi connectivity index (χ1v) is 6.85. The predicted molar refractivity (Wildman–Crippen MR) is 79.3 cm³/mol. The fourth-order valence-corrected chi connectivity index (χ4v) is 1.80. The highest BCUT2D eigenvalue weighted by Gasteiger charge is 2.13. The molecule has 1 amide bonds. The summed E-state index contributed by atoms with van der Waals surface area (Å²) >= 11 is 12.0. The van der Waals surface area contributed by atoms with Crippen LogP contribution in [0.2, 0.25) is 10.0 Å². The van der Waals surface area contributed by atoms with Crippen LogP contribution in [0.15, 0.2) is 12.1 Å². The van der Waals surface area contributed by atoms with Gasteiger partial charge in [-0.2, -0.15) is 0 Å². The topological polar surface area (TPSA) is 67.4 Å². The molecule has 0 aromatic heterocycles. The number of benzene rings is 1. The lowest BCUT2D eigenvalue weighted by atomic mass is 10.3. The average Bonchev–Trinajstić information content (AvgIpc) is 2.38. The van der Waals surface area contributed by atoms with Crippen molar-refractivity contribution in [2.24, 2.45) is 0 Å². The molecule has 0 aliphatic carbocycles. The second kappa shape index (κ2) is 7.36. The van der Waals surface area contributed by atoms with Gasteiger partial charge in [0.25, 0.3) is 0 Å². The van der Waals surface area contributed by atoms with E-state index in [0.717, 1.165) is 0 Å². The maximum atomic E-state index is 11.4. The summed E-state index contributed by atoms with van der Waals surface area (Å²) in [6.45, 7) is 5.32. The normalized spacial score (nSPS) is 10.3. The minimum atomic E-state index is -0.732. The van der Waals surface area contributed by atoms with Crippen LogP contribution in [-0.4, -0.2) is 17.8 Å². The summed E-state index contributed by atoms with van der Waals surface area (Å²) < 4.78 is 5.51. The molecule has 0 fully saturated rings. The van der Waals surface area contributed by atoms with Crippen molar-refractivity contribution in [2.75, 3.05) is 5.43 Å². The lowest BCUT2D eigenvalue weighted by Crippen LogP contribution is -2.35. The Morgan fingerprint density at radius 3 is 2.45 bits per heavy atom. The molecule has 0 heterocycles. The van der Waals surface area contributed by atoms with E-state index in [0.29, 0.717) is 21.5 Å². The third-order valence-electron chi connectivity index (χ3n) is 2.27. The Hall–Kier alpha value is -1.46. The molecule has 2 N–H and O–H groups in total. The van der Waals surface area contributed by atoms with Crippen LogP contribution in [-0.2, 0) is 9.59 Å². The van der Waals surface area contributed by atoms with E-state index >= 15 is 0 Å². The monoisotopic (exact) mass is 318 g/mol. The molecule has 0 spiro atoms. The van der Waals surface area contributed by atoms with Crippen LogP contribution in [0.25, 0.3) is 0 Å². The molecule has 20 heavy (non-hydrogen) atoms. The Balaban J connectivity index is 2.84. The molecule has 1 rings (SSSR count). The highest BCUT2D eigenvalue weighted by Crippen LogP contribution is 2.34. The molecule has 1 aromatic carbocycles. The van der Waals surface area contributed by atoms with Crippen LogP contribution >= 0.6 is 23.2 Å². The predicted octanol–water partition coefficient (Wildman–Crippen LogP) is 3.20. The molecule has 1 aromatic rings. The average molecular weight is 319 g/mol. The number of hydrogen-bond donors (Lipinski definition) is 2. The number of carbonyl (C=O) groups is 2. The van der Waals surface area contributed by atoms with Gasteiger partial charge in [-0.05, 0) is 19.9 Å². The minimum Gasteiger partial charge on any atom is -0.489 e. The third kappa shape index (κ3) is 4.58. The zero-order valence-corrected chi connectivity index (χ0v) is 12.9. The Labute approximate surface area is 127 Å². The van der Waals surface area contributed by atoms with Gasteiger partial charge in [-0.15, -0.1) is 0 Å². The van der Waals surface area contributed by atoms with Gasteiger partial charge in [-0.25, -0.2) is 0 Å². The van der Waals surface area contributed by atoms with E-state index in [1.54, 1.807) is 13.0 Å². The van der Waals surface area contributed by atoms with Crippen LogP contribution in [0.1, 0.15) is 27.2 Å². The summed E-state index contributed by atoms with van der Waals surface area (Å²) in [5.74, 6) is -0.823. The quantitative estimate of drug-likeness (QED) is 0.624. The van der Waals surface area contributed by atoms with Crippen LogP contribution in [0.3, 0.4) is 0 Å². The summed E-state index contributed by atoms with van der Waals surface area (Å²) in [7, 11) is 0. The Morgan fingerprint density at radius 1 is 1.25 bits per heavy atom. The Kier molecular flexibility index (Phi) is 6.10. The summed E-state index contributed by atoms with van der Waals surface area (Å²) in [4.78, 5) is 22.5. The lowest BCUT2D eigenvalue weighted by Gasteiger charge is -2.15. The van der Waals surface area contributed by atoms with E-state index in [1.165, 1.54) is 6.07 Å². The zero-order chi connectivity index (χ0) is 15.3. The van der Waals surface area contributed by atoms with Crippen molar-refractivity contribution in [1.29, 1.82) is 0 Å². The van der Waals surface area contributed by atoms with E-state index in [1.807, 2.05) is 13.8 Å². The molecular weight excluding hydrogens is 303 g/mol. The van der Waals surface area contributed by atoms with Crippen LogP contribution in [0.5, 0.6) is 5.75 Å². The molecular formula is C13H16Cl2N2O3. The van der Waals surface area contributed by atoms with E-state index in [2.05, 4.69) is 10.9 Å². The van der Waals surface area contributed by atoms with Crippen molar-refractivity contribution in [2.45, 2.75) is 33.3 Å². The fourth-order valence-electron chi connectivity index (χ4n) is 1.32. The summed E-state index contributed by atoms with van der Waals surface area (Å²) in [5, 5.41) is 0.667. The van der Waals surface area contributed by atoms with Crippen LogP contribution < -0.4 is 15.6 Å². The summed E-state index contributed by atoms with van der Waals surface area (Å²) in [6, 6.07) is 3.05. The SMILES string of the molecule is CCC(=O)C(=O)NNc1cc(OC(C)C)c(Cl)cc1Cl. The van der Waals surface area contributed by atoms with Gasteiger partial charge in [0.2, 0.25) is 5.78 Å². The van der Waals surface area contributed by atoms with Gasteiger partial charge in [0.15, 0.2) is 0 Å². The largest absolute Gasteiger partial charge is 0.489 e. The van der Waals surface area contributed by atoms with Gasteiger partial charge in [0.05, 0.1) is 21.8 Å². The molecule has 5 nitrogen and oxygen atoms in total. The first kappa shape index (κ1) is 16.6. The highest BCUT2D eigenvalue weighted by atomic mass is 35.5. The van der Waals surface area contributed by atoms with E-state index < -0.39 is 11.7 Å². The number of hydrazine groups is 1. The van der Waals surface area contributed by atoms with Crippen molar-refractivity contribution in [3.63, 3.8) is 0 Å². The first-order chi connectivity index (χ1) is 9.35. The second-order valence-corrected chi connectivity index (χ2v) is 5.10. The number of amides is 1. The first-order valence-electron chi connectivity index (χ1n) is 6.10. The van der Waals surface area contributed by atoms with Gasteiger partial charge >= 0.3 is 5.91 Å². The highest BCUT2D eigenvalue weighted by molar-refractivity contribution is 6.38. The van der Waals surface area contributed by atoms with Gasteiger partial charge in [0.1, 0.15) is 5.75 Å². The van der Waals surface area contributed by atoms with Gasteiger partial charge in [-0.3, -0.25) is 20.4 Å². The molecule has 0 radical (unpaired) electrons. The number of anilines is 1. The standard InChI is InChI=1S/C13H16Cl2N2O3/c1-4-11(18)13(19)17-16-10-6-12(20-7(2)3)9(15)5-8(10)14/h5-7,16H,4H2,1-3H3,(H,17,19). The molecule has 0 saturated heterocycles. The van der Waals surface area contributed by atoms with E-state index in [-0.39, 0.29) is 12.5 Å². The Morgan fingerprint density at radius 2 is 1.90 bits per heavy atom. The molecule has 0 unspecified atom stereocenters. The maximum Gasteiger partial charge on any atom is 0.305 e. The minimum absolute atomic E-state index is 0.0576. The van der Waals surface area contributed by atoms with Crippen LogP contribution in [0.4, 0.5) is 5.69 Å². The summed E-state index contributed by atoms with van der Waals surface area (Å²) in [6.07, 6.45) is 0.0709. The zero-order valence-electron chi connectivity index (χ0n) is 11.4. The molecule has 7 heteroatoms. The number of rotatable bonds is 6. The number of ketones is 1.